The Hall–Kier alpha value is -0.610. The highest BCUT2D eigenvalue weighted by molar-refractivity contribution is 5.75. The molecule has 0 aromatic heterocycles. The summed E-state index contributed by atoms with van der Waals surface area (Å²) >= 11 is 0. The molecular weight excluding hydrogens is 172 g/mol. The monoisotopic (exact) mass is 188 g/mol. The molecule has 0 aliphatic heterocycles. The van der Waals surface area contributed by atoms with Gasteiger partial charge in [-0.25, -0.2) is 0 Å². The zero-order valence-electron chi connectivity index (χ0n) is 8.28. The van der Waals surface area contributed by atoms with Gasteiger partial charge in [0, 0.05) is 20.1 Å². The van der Waals surface area contributed by atoms with Crippen LogP contribution in [0.4, 0.5) is 0 Å². The van der Waals surface area contributed by atoms with Gasteiger partial charge in [0.25, 0.3) is 0 Å². The fourth-order valence-corrected chi connectivity index (χ4v) is 1.48. The van der Waals surface area contributed by atoms with E-state index in [0.717, 1.165) is 6.42 Å². The lowest BCUT2D eigenvalue weighted by Crippen LogP contribution is -2.19. The van der Waals surface area contributed by atoms with E-state index in [2.05, 4.69) is 0 Å². The lowest BCUT2D eigenvalue weighted by molar-refractivity contribution is -0.150. The summed E-state index contributed by atoms with van der Waals surface area (Å²) < 4.78 is 15.0. The summed E-state index contributed by atoms with van der Waals surface area (Å²) in [4.78, 5) is 11.2. The second kappa shape index (κ2) is 4.58. The molecule has 13 heavy (non-hydrogen) atoms. The summed E-state index contributed by atoms with van der Waals surface area (Å²) in [6, 6.07) is 0. The molecule has 0 spiro atoms. The van der Waals surface area contributed by atoms with Gasteiger partial charge in [-0.1, -0.05) is 0 Å². The second-order valence-electron chi connectivity index (χ2n) is 3.10. The number of rotatable bonds is 5. The van der Waals surface area contributed by atoms with Gasteiger partial charge in [-0.05, 0) is 13.3 Å². The summed E-state index contributed by atoms with van der Waals surface area (Å²) in [6.45, 7) is 2.24. The van der Waals surface area contributed by atoms with Crippen LogP contribution in [0, 0.1) is 11.8 Å². The molecule has 76 valence electrons. The highest BCUT2D eigenvalue weighted by atomic mass is 16.7. The van der Waals surface area contributed by atoms with E-state index in [-0.39, 0.29) is 24.1 Å². The Morgan fingerprint density at radius 3 is 2.54 bits per heavy atom. The summed E-state index contributed by atoms with van der Waals surface area (Å²) in [5.41, 5.74) is 0. The van der Waals surface area contributed by atoms with Gasteiger partial charge < -0.3 is 14.2 Å². The Kier molecular flexibility index (Phi) is 3.69. The molecule has 2 atom stereocenters. The standard InChI is InChI=1S/C9H16O4/c1-4-13-8(10)6-5-7(6)9(11-2)12-3/h6-7,9H,4-5H2,1-3H3. The van der Waals surface area contributed by atoms with Crippen LogP contribution in [-0.4, -0.2) is 33.1 Å². The average Bonchev–Trinajstić information content (AvgIpc) is 2.87. The average molecular weight is 188 g/mol. The molecule has 2 unspecified atom stereocenters. The minimum atomic E-state index is -0.269. The molecule has 4 nitrogen and oxygen atoms in total. The molecule has 1 fully saturated rings. The van der Waals surface area contributed by atoms with Crippen LogP contribution in [0.15, 0.2) is 0 Å². The van der Waals surface area contributed by atoms with Gasteiger partial charge in [-0.3, -0.25) is 4.79 Å². The summed E-state index contributed by atoms with van der Waals surface area (Å²) in [5.74, 6) is 0.0190. The molecule has 0 heterocycles. The molecule has 1 aliphatic carbocycles. The van der Waals surface area contributed by atoms with Crippen molar-refractivity contribution in [3.05, 3.63) is 0 Å². The zero-order chi connectivity index (χ0) is 9.84. The van der Waals surface area contributed by atoms with Gasteiger partial charge in [0.1, 0.15) is 0 Å². The molecule has 0 aromatic carbocycles. The maximum Gasteiger partial charge on any atom is 0.309 e. The van der Waals surface area contributed by atoms with Crippen molar-refractivity contribution in [1.29, 1.82) is 0 Å². The zero-order valence-corrected chi connectivity index (χ0v) is 8.28. The van der Waals surface area contributed by atoms with Gasteiger partial charge >= 0.3 is 5.97 Å². The van der Waals surface area contributed by atoms with E-state index >= 15 is 0 Å². The summed E-state index contributed by atoms with van der Waals surface area (Å²) in [6.07, 6.45) is 0.542. The number of hydrogen-bond donors (Lipinski definition) is 0. The first-order valence-corrected chi connectivity index (χ1v) is 4.46. The number of esters is 1. The van der Waals surface area contributed by atoms with E-state index in [1.807, 2.05) is 0 Å². The Bertz CT molecular complexity index is 176. The number of hydrogen-bond acceptors (Lipinski definition) is 4. The van der Waals surface area contributed by atoms with Crippen molar-refractivity contribution in [2.75, 3.05) is 20.8 Å². The first kappa shape index (κ1) is 10.5. The largest absolute Gasteiger partial charge is 0.466 e. The molecular formula is C9H16O4. The van der Waals surface area contributed by atoms with Crippen LogP contribution in [0.5, 0.6) is 0 Å². The van der Waals surface area contributed by atoms with E-state index in [4.69, 9.17) is 14.2 Å². The van der Waals surface area contributed by atoms with Crippen molar-refractivity contribution >= 4 is 5.97 Å². The van der Waals surface area contributed by atoms with Crippen LogP contribution in [0.1, 0.15) is 13.3 Å². The lowest BCUT2D eigenvalue weighted by atomic mass is 10.3. The third-order valence-electron chi connectivity index (χ3n) is 2.24. The summed E-state index contributed by atoms with van der Waals surface area (Å²) in [7, 11) is 3.16. The molecule has 0 N–H and O–H groups in total. The minimum Gasteiger partial charge on any atom is -0.466 e. The van der Waals surface area contributed by atoms with Gasteiger partial charge in [-0.15, -0.1) is 0 Å². The van der Waals surface area contributed by atoms with Gasteiger partial charge in [0.15, 0.2) is 6.29 Å². The fourth-order valence-electron chi connectivity index (χ4n) is 1.48. The van der Waals surface area contributed by atoms with Gasteiger partial charge in [-0.2, -0.15) is 0 Å². The quantitative estimate of drug-likeness (QED) is 0.473. The van der Waals surface area contributed by atoms with E-state index in [9.17, 15) is 4.79 Å². The molecule has 1 aliphatic rings. The molecule has 0 aromatic rings. The molecule has 0 saturated heterocycles. The van der Waals surface area contributed by atoms with Crippen LogP contribution in [0.25, 0.3) is 0 Å². The van der Waals surface area contributed by atoms with Crippen LogP contribution < -0.4 is 0 Å². The smallest absolute Gasteiger partial charge is 0.309 e. The molecule has 4 heteroatoms. The van der Waals surface area contributed by atoms with Crippen molar-refractivity contribution in [2.45, 2.75) is 19.6 Å². The SMILES string of the molecule is CCOC(=O)C1CC1C(OC)OC. The Morgan fingerprint density at radius 2 is 2.08 bits per heavy atom. The second-order valence-corrected chi connectivity index (χ2v) is 3.10. The van der Waals surface area contributed by atoms with Crippen molar-refractivity contribution in [3.8, 4) is 0 Å². The fraction of sp³-hybridized carbons (Fsp3) is 0.889. The Balaban J connectivity index is 2.32. The van der Waals surface area contributed by atoms with Crippen LogP contribution >= 0.6 is 0 Å². The van der Waals surface area contributed by atoms with Crippen molar-refractivity contribution in [1.82, 2.24) is 0 Å². The van der Waals surface area contributed by atoms with E-state index < -0.39 is 0 Å². The van der Waals surface area contributed by atoms with Gasteiger partial charge in [0.05, 0.1) is 12.5 Å². The Labute approximate surface area is 78.2 Å². The number of carbonyl (C=O) groups is 1. The first-order chi connectivity index (χ1) is 6.24. The molecule has 1 saturated carbocycles. The summed E-state index contributed by atoms with van der Waals surface area (Å²) in [5, 5.41) is 0. The number of methoxy groups -OCH3 is 2. The molecule has 1 rings (SSSR count). The predicted octanol–water partition coefficient (Wildman–Crippen LogP) is 0.804. The van der Waals surface area contributed by atoms with Crippen molar-refractivity contribution < 1.29 is 19.0 Å². The van der Waals surface area contributed by atoms with E-state index in [1.54, 1.807) is 21.1 Å². The topological polar surface area (TPSA) is 44.8 Å². The number of carbonyl (C=O) groups excluding carboxylic acids is 1. The molecule has 0 radical (unpaired) electrons. The maximum absolute atomic E-state index is 11.2. The predicted molar refractivity (Wildman–Crippen MR) is 46.0 cm³/mol. The van der Waals surface area contributed by atoms with Crippen molar-refractivity contribution in [3.63, 3.8) is 0 Å². The normalized spacial score (nSPS) is 26.2. The third kappa shape index (κ3) is 2.42. The van der Waals surface area contributed by atoms with Crippen molar-refractivity contribution in [2.24, 2.45) is 11.8 Å². The first-order valence-electron chi connectivity index (χ1n) is 4.46. The molecule has 0 bridgehead atoms. The highest BCUT2D eigenvalue weighted by Gasteiger charge is 2.49. The van der Waals surface area contributed by atoms with E-state index in [0.29, 0.717) is 6.61 Å². The van der Waals surface area contributed by atoms with Crippen LogP contribution in [-0.2, 0) is 19.0 Å². The Morgan fingerprint density at radius 1 is 1.46 bits per heavy atom. The molecule has 0 amide bonds. The maximum atomic E-state index is 11.2. The van der Waals surface area contributed by atoms with Crippen LogP contribution in [0.3, 0.4) is 0 Å². The third-order valence-corrected chi connectivity index (χ3v) is 2.24. The minimum absolute atomic E-state index is 0.0233. The van der Waals surface area contributed by atoms with E-state index in [1.165, 1.54) is 0 Å². The van der Waals surface area contributed by atoms with Crippen LogP contribution in [0.2, 0.25) is 0 Å². The lowest BCUT2D eigenvalue weighted by Gasteiger charge is -2.12. The number of ether oxygens (including phenoxy) is 3. The van der Waals surface area contributed by atoms with Gasteiger partial charge in [0.2, 0.25) is 0 Å². The highest BCUT2D eigenvalue weighted by Crippen LogP contribution is 2.43.